The smallest absolute Gasteiger partial charge is 0.324 e. The molecule has 0 aliphatic carbocycles. The highest BCUT2D eigenvalue weighted by Gasteiger charge is 2.29. The van der Waals surface area contributed by atoms with Gasteiger partial charge in [0, 0.05) is 5.56 Å². The lowest BCUT2D eigenvalue weighted by atomic mass is 10.2. The number of anilines is 1. The van der Waals surface area contributed by atoms with Crippen molar-refractivity contribution >= 4 is 43.2 Å². The van der Waals surface area contributed by atoms with E-state index < -0.39 is 47.5 Å². The van der Waals surface area contributed by atoms with Gasteiger partial charge < -0.3 is 5.11 Å². The topological polar surface area (TPSA) is 130 Å². The van der Waals surface area contributed by atoms with Gasteiger partial charge in [0.15, 0.2) is 15.6 Å². The summed E-state index contributed by atoms with van der Waals surface area (Å²) in [5.74, 6) is -1.75. The van der Waals surface area contributed by atoms with Gasteiger partial charge in [0.05, 0.1) is 16.0 Å². The number of benzene rings is 2. The van der Waals surface area contributed by atoms with Crippen LogP contribution in [0.25, 0.3) is 0 Å². The van der Waals surface area contributed by atoms with Crippen molar-refractivity contribution in [3.05, 3.63) is 53.1 Å². The number of rotatable bonds is 6. The number of hydrogen-bond donors (Lipinski definition) is 3. The summed E-state index contributed by atoms with van der Waals surface area (Å²) in [6, 6.07) is 9.82. The maximum atomic E-state index is 12.4. The minimum absolute atomic E-state index is 0.103. The number of carbonyl (C=O) groups is 1. The minimum atomic E-state index is -4.45. The Balaban J connectivity index is 2.36. The summed E-state index contributed by atoms with van der Waals surface area (Å²) in [6.45, 7) is 2.78. The highest BCUT2D eigenvalue weighted by atomic mass is 35.5. The van der Waals surface area contributed by atoms with Crippen molar-refractivity contribution in [3.63, 3.8) is 0 Å². The number of amides is 1. The highest BCUT2D eigenvalue weighted by Crippen LogP contribution is 2.38. The van der Waals surface area contributed by atoms with Gasteiger partial charge in [-0.15, -0.1) is 0 Å². The predicted octanol–water partition coefficient (Wildman–Crippen LogP) is 2.31. The van der Waals surface area contributed by atoms with E-state index in [1.807, 2.05) is 4.72 Å². The van der Waals surface area contributed by atoms with Gasteiger partial charge in [0.2, 0.25) is 0 Å². The van der Waals surface area contributed by atoms with Gasteiger partial charge in [0.1, 0.15) is 4.90 Å². The van der Waals surface area contributed by atoms with E-state index in [0.29, 0.717) is 0 Å². The van der Waals surface area contributed by atoms with Crippen LogP contribution < -0.4 is 9.44 Å². The number of sulfone groups is 1. The molecule has 2 rings (SSSR count). The molecule has 146 valence electrons. The van der Waals surface area contributed by atoms with Crippen LogP contribution >= 0.6 is 11.6 Å². The van der Waals surface area contributed by atoms with E-state index in [0.717, 1.165) is 12.1 Å². The molecule has 0 bridgehead atoms. The minimum Gasteiger partial charge on any atom is -0.504 e. The quantitative estimate of drug-likeness (QED) is 0.600. The SMILES string of the molecule is CC(C)S(=O)(=O)c1c(Cl)ccc(NS(=O)(=O)NC(=O)c2ccccc2)c1O. The molecule has 0 aliphatic rings. The molecule has 0 heterocycles. The molecule has 27 heavy (non-hydrogen) atoms. The number of halogens is 1. The molecule has 0 aromatic heterocycles. The summed E-state index contributed by atoms with van der Waals surface area (Å²) in [4.78, 5) is 11.4. The van der Waals surface area contributed by atoms with Crippen molar-refractivity contribution in [2.75, 3.05) is 4.72 Å². The van der Waals surface area contributed by atoms with Gasteiger partial charge in [-0.05, 0) is 38.1 Å². The number of nitrogens with one attached hydrogen (secondary N) is 2. The summed E-state index contributed by atoms with van der Waals surface area (Å²) >= 11 is 5.88. The van der Waals surface area contributed by atoms with Crippen molar-refractivity contribution in [1.82, 2.24) is 4.72 Å². The van der Waals surface area contributed by atoms with Crippen LogP contribution in [0.1, 0.15) is 24.2 Å². The fourth-order valence-corrected chi connectivity index (χ4v) is 4.61. The Morgan fingerprint density at radius 1 is 1.04 bits per heavy atom. The molecule has 0 spiro atoms. The van der Waals surface area contributed by atoms with Crippen LogP contribution in [0.4, 0.5) is 5.69 Å². The van der Waals surface area contributed by atoms with E-state index in [-0.39, 0.29) is 10.6 Å². The number of carbonyl (C=O) groups excluding carboxylic acids is 1. The van der Waals surface area contributed by atoms with Gasteiger partial charge in [0.25, 0.3) is 5.91 Å². The van der Waals surface area contributed by atoms with Crippen LogP contribution in [0.15, 0.2) is 47.4 Å². The van der Waals surface area contributed by atoms with Crippen molar-refractivity contribution in [2.24, 2.45) is 0 Å². The lowest BCUT2D eigenvalue weighted by molar-refractivity contribution is 0.0981. The van der Waals surface area contributed by atoms with Crippen LogP contribution in [0, 0.1) is 0 Å². The molecular formula is C16H17ClN2O6S2. The first-order valence-corrected chi connectivity index (χ1v) is 11.0. The number of phenols is 1. The average molecular weight is 433 g/mol. The molecule has 0 saturated carbocycles. The third-order valence-corrected chi connectivity index (χ3v) is 7.09. The summed E-state index contributed by atoms with van der Waals surface area (Å²) in [6.07, 6.45) is 0. The summed E-state index contributed by atoms with van der Waals surface area (Å²) < 4.78 is 52.8. The molecule has 0 fully saturated rings. The van der Waals surface area contributed by atoms with Gasteiger partial charge in [-0.2, -0.15) is 8.42 Å². The number of phenolic OH excluding ortho intramolecular Hbond substituents is 1. The molecule has 8 nitrogen and oxygen atoms in total. The second kappa shape index (κ2) is 7.75. The van der Waals surface area contributed by atoms with Crippen LogP contribution in [-0.2, 0) is 20.0 Å². The maximum Gasteiger partial charge on any atom is 0.324 e. The zero-order chi connectivity index (χ0) is 20.4. The van der Waals surface area contributed by atoms with Crippen molar-refractivity contribution in [3.8, 4) is 5.75 Å². The van der Waals surface area contributed by atoms with Gasteiger partial charge >= 0.3 is 10.2 Å². The molecule has 3 N–H and O–H groups in total. The van der Waals surface area contributed by atoms with E-state index in [9.17, 15) is 26.7 Å². The van der Waals surface area contributed by atoms with E-state index in [1.165, 1.54) is 26.0 Å². The van der Waals surface area contributed by atoms with E-state index in [2.05, 4.69) is 0 Å². The van der Waals surface area contributed by atoms with Crippen molar-refractivity contribution in [2.45, 2.75) is 24.0 Å². The maximum absolute atomic E-state index is 12.4. The molecule has 2 aromatic rings. The second-order valence-electron chi connectivity index (χ2n) is 5.77. The molecule has 2 aromatic carbocycles. The molecule has 0 unspecified atom stereocenters. The van der Waals surface area contributed by atoms with E-state index >= 15 is 0 Å². The average Bonchev–Trinajstić information content (AvgIpc) is 2.57. The van der Waals surface area contributed by atoms with Crippen LogP contribution in [0.5, 0.6) is 5.75 Å². The van der Waals surface area contributed by atoms with Gasteiger partial charge in [-0.3, -0.25) is 9.52 Å². The number of hydrogen-bond acceptors (Lipinski definition) is 6. The van der Waals surface area contributed by atoms with E-state index in [1.54, 1.807) is 22.9 Å². The lowest BCUT2D eigenvalue weighted by Gasteiger charge is -2.16. The van der Waals surface area contributed by atoms with Crippen LogP contribution in [0.2, 0.25) is 5.02 Å². The summed E-state index contributed by atoms with van der Waals surface area (Å²) in [7, 11) is -8.43. The van der Waals surface area contributed by atoms with E-state index in [4.69, 9.17) is 11.6 Å². The fraction of sp³-hybridized carbons (Fsp3) is 0.188. The summed E-state index contributed by atoms with van der Waals surface area (Å²) in [5.41, 5.74) is -0.335. The Morgan fingerprint density at radius 2 is 1.63 bits per heavy atom. The highest BCUT2D eigenvalue weighted by molar-refractivity contribution is 7.92. The zero-order valence-electron chi connectivity index (χ0n) is 14.3. The van der Waals surface area contributed by atoms with Crippen molar-refractivity contribution in [1.29, 1.82) is 0 Å². The first-order valence-electron chi connectivity index (χ1n) is 7.61. The zero-order valence-corrected chi connectivity index (χ0v) is 16.7. The first kappa shape index (κ1) is 21.0. The molecule has 0 saturated heterocycles. The monoisotopic (exact) mass is 432 g/mol. The molecular weight excluding hydrogens is 416 g/mol. The Morgan fingerprint density at radius 3 is 2.19 bits per heavy atom. The Hall–Kier alpha value is -2.30. The van der Waals surface area contributed by atoms with Gasteiger partial charge in [-0.1, -0.05) is 29.8 Å². The third kappa shape index (κ3) is 4.71. The van der Waals surface area contributed by atoms with Gasteiger partial charge in [-0.25, -0.2) is 13.1 Å². The normalized spacial score (nSPS) is 12.0. The van der Waals surface area contributed by atoms with Crippen LogP contribution in [0.3, 0.4) is 0 Å². The van der Waals surface area contributed by atoms with Crippen molar-refractivity contribution < 1.29 is 26.7 Å². The van der Waals surface area contributed by atoms with Crippen LogP contribution in [-0.4, -0.2) is 33.1 Å². The lowest BCUT2D eigenvalue weighted by Crippen LogP contribution is -2.35. The Labute approximate surface area is 162 Å². The second-order valence-corrected chi connectivity index (χ2v) is 10.0. The standard InChI is InChI=1S/C16H17ClN2O6S2/c1-10(2)26(22,23)15-12(17)8-9-13(14(15)20)18-27(24,25)19-16(21)11-6-4-3-5-7-11/h3-10,18,20H,1-2H3,(H,19,21). The number of aromatic hydroxyl groups is 1. The fourth-order valence-electron chi connectivity index (χ4n) is 2.08. The largest absolute Gasteiger partial charge is 0.504 e. The molecule has 11 heteroatoms. The molecule has 1 amide bonds. The third-order valence-electron chi connectivity index (χ3n) is 3.50. The predicted molar refractivity (Wildman–Crippen MR) is 102 cm³/mol. The Kier molecular flexibility index (Phi) is 6.03. The molecule has 0 atom stereocenters. The molecule has 0 radical (unpaired) electrons. The first-order chi connectivity index (χ1) is 12.5. The summed E-state index contributed by atoms with van der Waals surface area (Å²) in [5, 5.41) is 9.12. The molecule has 0 aliphatic heterocycles. The Bertz CT molecular complexity index is 1070.